The second-order valence-corrected chi connectivity index (χ2v) is 6.53. The first-order valence-electron chi connectivity index (χ1n) is 7.62. The number of rotatable bonds is 8. The molecule has 1 aromatic carbocycles. The number of aromatic nitrogens is 2. The van der Waals surface area contributed by atoms with Gasteiger partial charge in [-0.1, -0.05) is 24.6 Å². The number of hydrogen-bond acceptors (Lipinski definition) is 3. The summed E-state index contributed by atoms with van der Waals surface area (Å²) in [5.74, 6) is 2.26. The molecule has 21 heavy (non-hydrogen) atoms. The van der Waals surface area contributed by atoms with Crippen molar-refractivity contribution < 1.29 is 0 Å². The van der Waals surface area contributed by atoms with Crippen LogP contribution in [0.1, 0.15) is 25.2 Å². The minimum absolute atomic E-state index is 0.461. The van der Waals surface area contributed by atoms with E-state index in [9.17, 15) is 0 Å². The molecule has 1 aromatic heterocycles. The van der Waals surface area contributed by atoms with Gasteiger partial charge in [-0.3, -0.25) is 0 Å². The van der Waals surface area contributed by atoms with Gasteiger partial charge in [0.15, 0.2) is 0 Å². The summed E-state index contributed by atoms with van der Waals surface area (Å²) in [5, 5.41) is 3.58. The van der Waals surface area contributed by atoms with Crippen molar-refractivity contribution in [3.8, 4) is 0 Å². The molecule has 0 aliphatic rings. The SMILES string of the molecule is CCc1nccn1CC(C)NCCSc1ccc(C)cc1. The molecule has 0 saturated heterocycles. The van der Waals surface area contributed by atoms with Gasteiger partial charge in [-0.15, -0.1) is 11.8 Å². The summed E-state index contributed by atoms with van der Waals surface area (Å²) >= 11 is 1.91. The lowest BCUT2D eigenvalue weighted by Crippen LogP contribution is -2.32. The number of imidazole rings is 1. The highest BCUT2D eigenvalue weighted by Crippen LogP contribution is 2.17. The Labute approximate surface area is 132 Å². The number of benzene rings is 1. The van der Waals surface area contributed by atoms with E-state index in [0.29, 0.717) is 6.04 Å². The van der Waals surface area contributed by atoms with E-state index < -0.39 is 0 Å². The summed E-state index contributed by atoms with van der Waals surface area (Å²) in [6.45, 7) is 8.51. The maximum Gasteiger partial charge on any atom is 0.108 e. The molecule has 1 heterocycles. The average Bonchev–Trinajstić information content (AvgIpc) is 2.92. The van der Waals surface area contributed by atoms with Crippen LogP contribution in [-0.2, 0) is 13.0 Å². The van der Waals surface area contributed by atoms with E-state index in [0.717, 1.165) is 31.1 Å². The first-order valence-corrected chi connectivity index (χ1v) is 8.60. The van der Waals surface area contributed by atoms with Crippen molar-refractivity contribution >= 4 is 11.8 Å². The van der Waals surface area contributed by atoms with Gasteiger partial charge in [-0.2, -0.15) is 0 Å². The van der Waals surface area contributed by atoms with Crippen LogP contribution in [0.2, 0.25) is 0 Å². The number of thioether (sulfide) groups is 1. The van der Waals surface area contributed by atoms with E-state index in [1.807, 2.05) is 18.0 Å². The molecule has 3 nitrogen and oxygen atoms in total. The summed E-state index contributed by atoms with van der Waals surface area (Å²) in [6, 6.07) is 9.20. The smallest absolute Gasteiger partial charge is 0.108 e. The van der Waals surface area contributed by atoms with Crippen molar-refractivity contribution in [3.05, 3.63) is 48.0 Å². The van der Waals surface area contributed by atoms with Gasteiger partial charge in [-0.05, 0) is 26.0 Å². The predicted molar refractivity (Wildman–Crippen MR) is 91.0 cm³/mol. The Morgan fingerprint density at radius 3 is 2.76 bits per heavy atom. The van der Waals surface area contributed by atoms with Crippen LogP contribution in [-0.4, -0.2) is 27.9 Å². The molecule has 2 aromatic rings. The van der Waals surface area contributed by atoms with Gasteiger partial charge in [0.25, 0.3) is 0 Å². The lowest BCUT2D eigenvalue weighted by atomic mass is 10.2. The molecule has 1 N–H and O–H groups in total. The Balaban J connectivity index is 1.67. The predicted octanol–water partition coefficient (Wildman–Crippen LogP) is 3.52. The zero-order valence-electron chi connectivity index (χ0n) is 13.2. The third-order valence-electron chi connectivity index (χ3n) is 3.47. The van der Waals surface area contributed by atoms with E-state index in [1.54, 1.807) is 0 Å². The molecule has 0 saturated carbocycles. The van der Waals surface area contributed by atoms with Gasteiger partial charge in [-0.25, -0.2) is 4.98 Å². The quantitative estimate of drug-likeness (QED) is 0.598. The van der Waals surface area contributed by atoms with Crippen LogP contribution in [0.4, 0.5) is 0 Å². The molecule has 0 amide bonds. The van der Waals surface area contributed by atoms with E-state index in [-0.39, 0.29) is 0 Å². The van der Waals surface area contributed by atoms with Crippen molar-refractivity contribution in [2.75, 3.05) is 12.3 Å². The van der Waals surface area contributed by atoms with Gasteiger partial charge < -0.3 is 9.88 Å². The van der Waals surface area contributed by atoms with E-state index in [2.05, 4.69) is 66.1 Å². The van der Waals surface area contributed by atoms with Gasteiger partial charge >= 0.3 is 0 Å². The molecular weight excluding hydrogens is 278 g/mol. The van der Waals surface area contributed by atoms with Crippen molar-refractivity contribution in [1.29, 1.82) is 0 Å². The minimum Gasteiger partial charge on any atom is -0.333 e. The monoisotopic (exact) mass is 303 g/mol. The summed E-state index contributed by atoms with van der Waals surface area (Å²) < 4.78 is 2.24. The van der Waals surface area contributed by atoms with Crippen LogP contribution in [0, 0.1) is 6.92 Å². The van der Waals surface area contributed by atoms with E-state index in [1.165, 1.54) is 10.5 Å². The Morgan fingerprint density at radius 1 is 1.29 bits per heavy atom. The highest BCUT2D eigenvalue weighted by molar-refractivity contribution is 7.99. The maximum atomic E-state index is 4.36. The molecule has 0 aliphatic carbocycles. The Morgan fingerprint density at radius 2 is 2.05 bits per heavy atom. The Bertz CT molecular complexity index is 533. The van der Waals surface area contributed by atoms with Crippen LogP contribution >= 0.6 is 11.8 Å². The molecule has 0 fully saturated rings. The Hall–Kier alpha value is -1.26. The molecule has 2 rings (SSSR count). The van der Waals surface area contributed by atoms with Gasteiger partial charge in [0, 0.05) is 48.6 Å². The molecule has 1 atom stereocenters. The normalized spacial score (nSPS) is 12.5. The second kappa shape index (κ2) is 8.25. The third-order valence-corrected chi connectivity index (χ3v) is 4.49. The van der Waals surface area contributed by atoms with Crippen LogP contribution in [0.5, 0.6) is 0 Å². The largest absolute Gasteiger partial charge is 0.333 e. The van der Waals surface area contributed by atoms with Crippen molar-refractivity contribution in [2.45, 2.75) is 44.7 Å². The van der Waals surface area contributed by atoms with Gasteiger partial charge in [0.1, 0.15) is 5.82 Å². The maximum absolute atomic E-state index is 4.36. The molecule has 0 radical (unpaired) electrons. The fourth-order valence-corrected chi connectivity index (χ4v) is 3.07. The van der Waals surface area contributed by atoms with Crippen molar-refractivity contribution in [1.82, 2.24) is 14.9 Å². The molecule has 1 unspecified atom stereocenters. The van der Waals surface area contributed by atoms with Crippen LogP contribution in [0.15, 0.2) is 41.6 Å². The summed E-state index contributed by atoms with van der Waals surface area (Å²) in [7, 11) is 0. The first-order chi connectivity index (χ1) is 10.2. The average molecular weight is 303 g/mol. The summed E-state index contributed by atoms with van der Waals surface area (Å²) in [6.07, 6.45) is 4.94. The lowest BCUT2D eigenvalue weighted by molar-refractivity contribution is 0.481. The number of aryl methyl sites for hydroxylation is 2. The zero-order valence-corrected chi connectivity index (χ0v) is 14.0. The van der Waals surface area contributed by atoms with E-state index >= 15 is 0 Å². The Kier molecular flexibility index (Phi) is 6.33. The zero-order chi connectivity index (χ0) is 15.1. The van der Waals surface area contributed by atoms with Gasteiger partial charge in [0.05, 0.1) is 0 Å². The first kappa shape index (κ1) is 16.1. The lowest BCUT2D eigenvalue weighted by Gasteiger charge is -2.15. The summed E-state index contributed by atoms with van der Waals surface area (Å²) in [4.78, 5) is 5.71. The number of nitrogens with zero attached hydrogens (tertiary/aromatic N) is 2. The highest BCUT2D eigenvalue weighted by atomic mass is 32.2. The van der Waals surface area contributed by atoms with Crippen molar-refractivity contribution in [2.24, 2.45) is 0 Å². The molecule has 0 spiro atoms. The topological polar surface area (TPSA) is 29.9 Å². The van der Waals surface area contributed by atoms with Crippen LogP contribution < -0.4 is 5.32 Å². The van der Waals surface area contributed by atoms with E-state index in [4.69, 9.17) is 0 Å². The summed E-state index contributed by atoms with van der Waals surface area (Å²) in [5.41, 5.74) is 1.32. The second-order valence-electron chi connectivity index (χ2n) is 5.37. The fourth-order valence-electron chi connectivity index (χ4n) is 2.29. The molecular formula is C17H25N3S. The van der Waals surface area contributed by atoms with Gasteiger partial charge in [0.2, 0.25) is 0 Å². The fraction of sp³-hybridized carbons (Fsp3) is 0.471. The minimum atomic E-state index is 0.461. The third kappa shape index (κ3) is 5.21. The molecule has 114 valence electrons. The number of nitrogens with one attached hydrogen (secondary N) is 1. The van der Waals surface area contributed by atoms with Crippen molar-refractivity contribution in [3.63, 3.8) is 0 Å². The highest BCUT2D eigenvalue weighted by Gasteiger charge is 2.05. The van der Waals surface area contributed by atoms with Crippen LogP contribution in [0.3, 0.4) is 0 Å². The molecule has 4 heteroatoms. The standard InChI is InChI=1S/C17H25N3S/c1-4-17-19-9-11-20(17)13-15(3)18-10-12-21-16-7-5-14(2)6-8-16/h5-9,11,15,18H,4,10,12-13H2,1-3H3. The molecule has 0 bridgehead atoms. The van der Waals surface area contributed by atoms with Crippen LogP contribution in [0.25, 0.3) is 0 Å². The molecule has 0 aliphatic heterocycles. The number of hydrogen-bond donors (Lipinski definition) is 1.